The number of hydrogen-bond donors (Lipinski definition) is 0. The third kappa shape index (κ3) is 3.58. The number of carbonyl (C=O) groups excluding carboxylic acids is 1. The lowest BCUT2D eigenvalue weighted by Crippen LogP contribution is -2.18. The molecule has 0 radical (unpaired) electrons. The Morgan fingerprint density at radius 3 is 2.29 bits per heavy atom. The molecule has 0 bridgehead atoms. The summed E-state index contributed by atoms with van der Waals surface area (Å²) in [7, 11) is 1.39. The van der Waals surface area contributed by atoms with Gasteiger partial charge < -0.3 is 4.74 Å². The zero-order chi connectivity index (χ0) is 15.4. The molecule has 0 aliphatic rings. The van der Waals surface area contributed by atoms with E-state index in [0.717, 1.165) is 16.7 Å². The third-order valence-electron chi connectivity index (χ3n) is 3.52. The van der Waals surface area contributed by atoms with Gasteiger partial charge in [-0.15, -0.1) is 0 Å². The third-order valence-corrected chi connectivity index (χ3v) is 4.23. The molecular weight excluding hydrogens is 307 g/mol. The number of rotatable bonds is 4. The normalized spacial score (nSPS) is 12.0. The van der Waals surface area contributed by atoms with Crippen LogP contribution in [0.2, 0.25) is 10.0 Å². The van der Waals surface area contributed by atoms with Gasteiger partial charge in [-0.2, -0.15) is 0 Å². The van der Waals surface area contributed by atoms with Crippen molar-refractivity contribution in [2.45, 2.75) is 19.3 Å². The number of methoxy groups -OCH3 is 1. The number of benzene rings is 2. The van der Waals surface area contributed by atoms with Crippen LogP contribution in [-0.2, 0) is 16.0 Å². The van der Waals surface area contributed by atoms with Crippen LogP contribution in [0.15, 0.2) is 42.5 Å². The molecule has 2 aromatic rings. The zero-order valence-corrected chi connectivity index (χ0v) is 13.4. The Bertz CT molecular complexity index is 633. The minimum atomic E-state index is -0.423. The quantitative estimate of drug-likeness (QED) is 0.756. The minimum absolute atomic E-state index is 0.291. The second-order valence-corrected chi connectivity index (χ2v) is 5.65. The number of esters is 1. The molecule has 0 amide bonds. The van der Waals surface area contributed by atoms with Crippen molar-refractivity contribution < 1.29 is 9.53 Å². The fraction of sp³-hybridized carbons (Fsp3) is 0.235. The van der Waals surface area contributed by atoms with E-state index in [2.05, 4.69) is 0 Å². The molecule has 4 heteroatoms. The second-order valence-electron chi connectivity index (χ2n) is 4.84. The summed E-state index contributed by atoms with van der Waals surface area (Å²) in [4.78, 5) is 12.2. The van der Waals surface area contributed by atoms with Crippen LogP contribution in [0.25, 0.3) is 0 Å². The lowest BCUT2D eigenvalue weighted by Gasteiger charge is -2.18. The number of ether oxygens (including phenoxy) is 1. The molecule has 0 N–H and O–H groups in total. The highest BCUT2D eigenvalue weighted by Gasteiger charge is 2.25. The molecule has 0 aliphatic carbocycles. The summed E-state index contributed by atoms with van der Waals surface area (Å²) in [6.45, 7) is 1.97. The van der Waals surface area contributed by atoms with E-state index in [9.17, 15) is 4.79 Å². The van der Waals surface area contributed by atoms with Crippen molar-refractivity contribution in [3.63, 3.8) is 0 Å². The fourth-order valence-electron chi connectivity index (χ4n) is 2.37. The van der Waals surface area contributed by atoms with E-state index in [0.29, 0.717) is 16.5 Å². The molecule has 2 nitrogen and oxygen atoms in total. The smallest absolute Gasteiger partial charge is 0.313 e. The number of hydrogen-bond acceptors (Lipinski definition) is 2. The van der Waals surface area contributed by atoms with Gasteiger partial charge in [0.25, 0.3) is 0 Å². The molecule has 2 rings (SSSR count). The van der Waals surface area contributed by atoms with Crippen molar-refractivity contribution in [1.82, 2.24) is 0 Å². The van der Waals surface area contributed by atoms with Crippen LogP contribution in [-0.4, -0.2) is 13.1 Å². The summed E-state index contributed by atoms with van der Waals surface area (Å²) in [5.41, 5.74) is 2.73. The topological polar surface area (TPSA) is 26.3 Å². The van der Waals surface area contributed by atoms with Crippen molar-refractivity contribution >= 4 is 29.2 Å². The maximum Gasteiger partial charge on any atom is 0.313 e. The standard InChI is InChI=1S/C17H16Cl2O2/c1-11-6-3-4-7-12(11)13(17(20)21-2)10-14-15(18)8-5-9-16(14)19/h3-9,13H,10H2,1-2H3/t13-/m1/s1. The van der Waals surface area contributed by atoms with E-state index >= 15 is 0 Å². The van der Waals surface area contributed by atoms with Gasteiger partial charge in [-0.25, -0.2) is 0 Å². The molecule has 0 saturated heterocycles. The molecule has 21 heavy (non-hydrogen) atoms. The predicted octanol–water partition coefficient (Wildman–Crippen LogP) is 4.80. The highest BCUT2D eigenvalue weighted by molar-refractivity contribution is 6.36. The summed E-state index contributed by atoms with van der Waals surface area (Å²) in [6, 6.07) is 13.1. The van der Waals surface area contributed by atoms with Crippen molar-refractivity contribution in [2.24, 2.45) is 0 Å². The van der Waals surface area contributed by atoms with Gasteiger partial charge in [0.05, 0.1) is 13.0 Å². The molecular formula is C17H16Cl2O2. The summed E-state index contributed by atoms with van der Waals surface area (Å²) >= 11 is 12.4. The van der Waals surface area contributed by atoms with Gasteiger partial charge in [-0.3, -0.25) is 4.79 Å². The highest BCUT2D eigenvalue weighted by atomic mass is 35.5. The monoisotopic (exact) mass is 322 g/mol. The Kier molecular flexibility index (Phi) is 5.27. The summed E-state index contributed by atoms with van der Waals surface area (Å²) < 4.78 is 4.95. The molecule has 0 aromatic heterocycles. The lowest BCUT2D eigenvalue weighted by atomic mass is 9.89. The molecule has 2 aromatic carbocycles. The molecule has 110 valence electrons. The van der Waals surface area contributed by atoms with Crippen LogP contribution >= 0.6 is 23.2 Å². The van der Waals surface area contributed by atoms with E-state index in [1.54, 1.807) is 18.2 Å². The first kappa shape index (κ1) is 15.9. The molecule has 0 heterocycles. The van der Waals surface area contributed by atoms with Crippen LogP contribution in [0, 0.1) is 6.92 Å². The van der Waals surface area contributed by atoms with E-state index < -0.39 is 5.92 Å². The van der Waals surface area contributed by atoms with Gasteiger partial charge in [-0.05, 0) is 42.2 Å². The maximum absolute atomic E-state index is 12.2. The van der Waals surface area contributed by atoms with E-state index in [1.807, 2.05) is 31.2 Å². The average molecular weight is 323 g/mol. The van der Waals surface area contributed by atoms with Crippen LogP contribution < -0.4 is 0 Å². The van der Waals surface area contributed by atoms with Gasteiger partial charge in [0.15, 0.2) is 0 Å². The SMILES string of the molecule is COC(=O)[C@H](Cc1c(Cl)cccc1Cl)c1ccccc1C. The number of aryl methyl sites for hydroxylation is 1. The Hall–Kier alpha value is -1.51. The van der Waals surface area contributed by atoms with Crippen molar-refractivity contribution in [3.05, 3.63) is 69.2 Å². The van der Waals surface area contributed by atoms with Gasteiger partial charge in [-0.1, -0.05) is 53.5 Å². The van der Waals surface area contributed by atoms with Gasteiger partial charge >= 0.3 is 5.97 Å². The summed E-state index contributed by atoms with van der Waals surface area (Å²) in [6.07, 6.45) is 0.413. The van der Waals surface area contributed by atoms with Crippen molar-refractivity contribution in [2.75, 3.05) is 7.11 Å². The van der Waals surface area contributed by atoms with Crippen LogP contribution in [0.1, 0.15) is 22.6 Å². The van der Waals surface area contributed by atoms with E-state index in [4.69, 9.17) is 27.9 Å². The van der Waals surface area contributed by atoms with E-state index in [1.165, 1.54) is 7.11 Å². The Labute approximate surface area is 134 Å². The first-order valence-electron chi connectivity index (χ1n) is 6.60. The van der Waals surface area contributed by atoms with E-state index in [-0.39, 0.29) is 5.97 Å². The zero-order valence-electron chi connectivity index (χ0n) is 11.9. The lowest BCUT2D eigenvalue weighted by molar-refractivity contribution is -0.142. The molecule has 0 unspecified atom stereocenters. The summed E-state index contributed by atoms with van der Waals surface area (Å²) in [5, 5.41) is 1.12. The van der Waals surface area contributed by atoms with Gasteiger partial charge in [0.1, 0.15) is 0 Å². The summed E-state index contributed by atoms with van der Waals surface area (Å²) in [5.74, 6) is -0.714. The number of carbonyl (C=O) groups is 1. The fourth-order valence-corrected chi connectivity index (χ4v) is 2.92. The Balaban J connectivity index is 2.43. The van der Waals surface area contributed by atoms with Crippen LogP contribution in [0.3, 0.4) is 0 Å². The number of halogens is 2. The molecule has 0 spiro atoms. The Morgan fingerprint density at radius 2 is 1.71 bits per heavy atom. The molecule has 0 aliphatic heterocycles. The second kappa shape index (κ2) is 6.97. The average Bonchev–Trinajstić information content (AvgIpc) is 2.47. The minimum Gasteiger partial charge on any atom is -0.469 e. The largest absolute Gasteiger partial charge is 0.469 e. The van der Waals surface area contributed by atoms with Crippen molar-refractivity contribution in [3.8, 4) is 0 Å². The molecule has 0 saturated carbocycles. The predicted molar refractivity (Wildman–Crippen MR) is 86.1 cm³/mol. The maximum atomic E-state index is 12.2. The van der Waals surface area contributed by atoms with Gasteiger partial charge in [0.2, 0.25) is 0 Å². The first-order chi connectivity index (χ1) is 10.0. The van der Waals surface area contributed by atoms with Gasteiger partial charge in [0, 0.05) is 10.0 Å². The highest BCUT2D eigenvalue weighted by Crippen LogP contribution is 2.32. The van der Waals surface area contributed by atoms with Crippen LogP contribution in [0.5, 0.6) is 0 Å². The Morgan fingerprint density at radius 1 is 1.10 bits per heavy atom. The van der Waals surface area contributed by atoms with Crippen molar-refractivity contribution in [1.29, 1.82) is 0 Å². The molecule has 1 atom stereocenters. The molecule has 0 fully saturated rings. The first-order valence-corrected chi connectivity index (χ1v) is 7.36. The van der Waals surface area contributed by atoms with Crippen LogP contribution in [0.4, 0.5) is 0 Å².